The predicted octanol–water partition coefficient (Wildman–Crippen LogP) is 9.59. The van der Waals surface area contributed by atoms with Gasteiger partial charge in [0.25, 0.3) is 0 Å². The van der Waals surface area contributed by atoms with Gasteiger partial charge in [-0.3, -0.25) is 0 Å². The molecule has 0 bridgehead atoms. The molecule has 0 saturated carbocycles. The molecule has 2 aromatic heterocycles. The minimum atomic E-state index is 0.636. The predicted molar refractivity (Wildman–Crippen MR) is 166 cm³/mol. The molecule has 0 aliphatic heterocycles. The standard InChI is InChI=1S/C37H23N3O/c1-3-11-24(12-4-1)35-38-36(25-13-5-2-6-14-25)40-37(39-35)30-18-10-9-17-29(30)28-19-20-33-31(22-28)32-21-26-15-7-8-16-27(26)23-34(32)41-33/h1-23H. The number of furan rings is 1. The highest BCUT2D eigenvalue weighted by molar-refractivity contribution is 6.11. The first-order valence-corrected chi connectivity index (χ1v) is 13.6. The molecule has 41 heavy (non-hydrogen) atoms. The van der Waals surface area contributed by atoms with Crippen molar-refractivity contribution >= 4 is 32.7 Å². The highest BCUT2D eigenvalue weighted by atomic mass is 16.3. The Balaban J connectivity index is 1.32. The van der Waals surface area contributed by atoms with Crippen LogP contribution in [0.5, 0.6) is 0 Å². The molecule has 0 saturated heterocycles. The topological polar surface area (TPSA) is 51.8 Å². The molecule has 0 aliphatic carbocycles. The van der Waals surface area contributed by atoms with Crippen molar-refractivity contribution in [2.24, 2.45) is 0 Å². The lowest BCUT2D eigenvalue weighted by atomic mass is 9.97. The second kappa shape index (κ2) is 9.54. The summed E-state index contributed by atoms with van der Waals surface area (Å²) in [4.78, 5) is 14.8. The van der Waals surface area contributed by atoms with Crippen LogP contribution in [-0.4, -0.2) is 15.0 Å². The molecule has 0 unspecified atom stereocenters. The van der Waals surface area contributed by atoms with Crippen LogP contribution >= 0.6 is 0 Å². The van der Waals surface area contributed by atoms with E-state index in [1.807, 2.05) is 66.7 Å². The number of hydrogen-bond donors (Lipinski definition) is 0. The average Bonchev–Trinajstić information content (AvgIpc) is 3.41. The van der Waals surface area contributed by atoms with Crippen LogP contribution in [0.15, 0.2) is 144 Å². The van der Waals surface area contributed by atoms with Crippen LogP contribution in [0.2, 0.25) is 0 Å². The van der Waals surface area contributed by atoms with Gasteiger partial charge in [0.15, 0.2) is 17.5 Å². The van der Waals surface area contributed by atoms with Gasteiger partial charge in [0.2, 0.25) is 0 Å². The maximum Gasteiger partial charge on any atom is 0.164 e. The van der Waals surface area contributed by atoms with Gasteiger partial charge in [0.05, 0.1) is 0 Å². The second-order valence-electron chi connectivity index (χ2n) is 10.1. The van der Waals surface area contributed by atoms with Crippen LogP contribution in [0.3, 0.4) is 0 Å². The number of hydrogen-bond acceptors (Lipinski definition) is 4. The van der Waals surface area contributed by atoms with Crippen molar-refractivity contribution in [3.63, 3.8) is 0 Å². The van der Waals surface area contributed by atoms with E-state index in [-0.39, 0.29) is 0 Å². The summed E-state index contributed by atoms with van der Waals surface area (Å²) in [6.45, 7) is 0. The summed E-state index contributed by atoms with van der Waals surface area (Å²) in [6.07, 6.45) is 0. The van der Waals surface area contributed by atoms with Crippen molar-refractivity contribution in [1.82, 2.24) is 15.0 Å². The Morgan fingerprint density at radius 1 is 0.366 bits per heavy atom. The van der Waals surface area contributed by atoms with E-state index in [2.05, 4.69) is 72.8 Å². The number of rotatable bonds is 4. The smallest absolute Gasteiger partial charge is 0.164 e. The Labute approximate surface area is 236 Å². The van der Waals surface area contributed by atoms with E-state index in [9.17, 15) is 0 Å². The maximum atomic E-state index is 6.26. The van der Waals surface area contributed by atoms with Gasteiger partial charge in [-0.25, -0.2) is 15.0 Å². The summed E-state index contributed by atoms with van der Waals surface area (Å²) in [6, 6.07) is 47.5. The van der Waals surface area contributed by atoms with Crippen molar-refractivity contribution < 1.29 is 4.42 Å². The van der Waals surface area contributed by atoms with E-state index in [0.717, 1.165) is 49.8 Å². The second-order valence-corrected chi connectivity index (χ2v) is 10.1. The number of benzene rings is 6. The fourth-order valence-electron chi connectivity index (χ4n) is 5.49. The van der Waals surface area contributed by atoms with E-state index >= 15 is 0 Å². The first-order valence-electron chi connectivity index (χ1n) is 13.6. The molecule has 8 aromatic rings. The first kappa shape index (κ1) is 23.3. The number of fused-ring (bicyclic) bond motifs is 4. The molecule has 0 atom stereocenters. The van der Waals surface area contributed by atoms with Gasteiger partial charge >= 0.3 is 0 Å². The Bertz CT molecular complexity index is 2140. The van der Waals surface area contributed by atoms with E-state index in [1.165, 1.54) is 10.8 Å². The minimum absolute atomic E-state index is 0.636. The number of aromatic nitrogens is 3. The zero-order valence-electron chi connectivity index (χ0n) is 22.0. The molecule has 4 nitrogen and oxygen atoms in total. The average molecular weight is 526 g/mol. The van der Waals surface area contributed by atoms with Crippen LogP contribution in [0, 0.1) is 0 Å². The molecule has 0 spiro atoms. The molecule has 0 radical (unpaired) electrons. The summed E-state index contributed by atoms with van der Waals surface area (Å²) in [5, 5.41) is 4.56. The van der Waals surface area contributed by atoms with Gasteiger partial charge in [-0.2, -0.15) is 0 Å². The Morgan fingerprint density at radius 2 is 0.902 bits per heavy atom. The quantitative estimate of drug-likeness (QED) is 0.230. The zero-order valence-corrected chi connectivity index (χ0v) is 22.0. The van der Waals surface area contributed by atoms with Gasteiger partial charge in [-0.1, -0.05) is 115 Å². The lowest BCUT2D eigenvalue weighted by molar-refractivity contribution is 0.669. The van der Waals surface area contributed by atoms with Crippen molar-refractivity contribution in [3.8, 4) is 45.3 Å². The van der Waals surface area contributed by atoms with Gasteiger partial charge in [-0.05, 0) is 46.2 Å². The third-order valence-corrected chi connectivity index (χ3v) is 7.52. The molecule has 8 rings (SSSR count). The highest BCUT2D eigenvalue weighted by Gasteiger charge is 2.17. The normalized spacial score (nSPS) is 11.4. The monoisotopic (exact) mass is 525 g/mol. The molecule has 6 aromatic carbocycles. The molecule has 2 heterocycles. The van der Waals surface area contributed by atoms with Gasteiger partial charge in [0, 0.05) is 27.5 Å². The van der Waals surface area contributed by atoms with E-state index in [1.54, 1.807) is 0 Å². The van der Waals surface area contributed by atoms with Gasteiger partial charge in [-0.15, -0.1) is 0 Å². The Kier molecular flexibility index (Phi) is 5.42. The summed E-state index contributed by atoms with van der Waals surface area (Å²) in [7, 11) is 0. The Morgan fingerprint density at radius 3 is 1.59 bits per heavy atom. The molecule has 0 aliphatic rings. The van der Waals surface area contributed by atoms with E-state index in [4.69, 9.17) is 19.4 Å². The van der Waals surface area contributed by atoms with Crippen LogP contribution in [0.1, 0.15) is 0 Å². The largest absolute Gasteiger partial charge is 0.456 e. The molecule has 0 N–H and O–H groups in total. The fraction of sp³-hybridized carbons (Fsp3) is 0. The fourth-order valence-corrected chi connectivity index (χ4v) is 5.49. The van der Waals surface area contributed by atoms with Crippen LogP contribution < -0.4 is 0 Å². The van der Waals surface area contributed by atoms with E-state index in [0.29, 0.717) is 17.5 Å². The molecule has 4 heteroatoms. The third kappa shape index (κ3) is 4.14. The molecular weight excluding hydrogens is 502 g/mol. The zero-order chi connectivity index (χ0) is 27.2. The first-order chi connectivity index (χ1) is 20.3. The SMILES string of the molecule is c1ccc(-c2nc(-c3ccccc3)nc(-c3ccccc3-c3ccc4oc5cc6ccccc6cc5c4c3)n2)cc1. The summed E-state index contributed by atoms with van der Waals surface area (Å²) >= 11 is 0. The molecule has 0 amide bonds. The lowest BCUT2D eigenvalue weighted by Gasteiger charge is -2.12. The molecular formula is C37H23N3O. The van der Waals surface area contributed by atoms with Crippen molar-refractivity contribution in [1.29, 1.82) is 0 Å². The minimum Gasteiger partial charge on any atom is -0.456 e. The van der Waals surface area contributed by atoms with Crippen LogP contribution in [-0.2, 0) is 0 Å². The van der Waals surface area contributed by atoms with Crippen molar-refractivity contribution in [2.45, 2.75) is 0 Å². The van der Waals surface area contributed by atoms with Crippen molar-refractivity contribution in [2.75, 3.05) is 0 Å². The molecule has 192 valence electrons. The Hall–Kier alpha value is -5.61. The van der Waals surface area contributed by atoms with E-state index < -0.39 is 0 Å². The summed E-state index contributed by atoms with van der Waals surface area (Å²) < 4.78 is 6.26. The van der Waals surface area contributed by atoms with Crippen LogP contribution in [0.25, 0.3) is 78.0 Å². The highest BCUT2D eigenvalue weighted by Crippen LogP contribution is 2.37. The lowest BCUT2D eigenvalue weighted by Crippen LogP contribution is -2.01. The third-order valence-electron chi connectivity index (χ3n) is 7.52. The van der Waals surface area contributed by atoms with Gasteiger partial charge < -0.3 is 4.42 Å². The summed E-state index contributed by atoms with van der Waals surface area (Å²) in [5.41, 5.74) is 6.73. The van der Waals surface area contributed by atoms with Gasteiger partial charge in [0.1, 0.15) is 11.2 Å². The number of nitrogens with zero attached hydrogens (tertiary/aromatic N) is 3. The maximum absolute atomic E-state index is 6.26. The molecule has 0 fully saturated rings. The van der Waals surface area contributed by atoms with Crippen LogP contribution in [0.4, 0.5) is 0 Å². The summed E-state index contributed by atoms with van der Waals surface area (Å²) in [5.74, 6) is 1.93. The van der Waals surface area contributed by atoms with Crippen molar-refractivity contribution in [3.05, 3.63) is 140 Å².